The molecule has 10 heteroatoms. The van der Waals surface area contributed by atoms with E-state index in [1.807, 2.05) is 30.3 Å². The van der Waals surface area contributed by atoms with Crippen LogP contribution in [0.3, 0.4) is 0 Å². The van der Waals surface area contributed by atoms with Gasteiger partial charge in [0.2, 0.25) is 5.75 Å². The minimum Gasteiger partial charge on any atom is -0.481 e. The number of aromatic nitrogens is 4. The van der Waals surface area contributed by atoms with E-state index in [2.05, 4.69) is 15.4 Å². The fourth-order valence-corrected chi connectivity index (χ4v) is 4.51. The summed E-state index contributed by atoms with van der Waals surface area (Å²) in [4.78, 5) is 31.6. The third kappa shape index (κ3) is 4.95. The van der Waals surface area contributed by atoms with Gasteiger partial charge in [-0.3, -0.25) is 18.8 Å². The smallest absolute Gasteiger partial charge is 0.296 e. The summed E-state index contributed by atoms with van der Waals surface area (Å²) < 4.78 is 29.0. The van der Waals surface area contributed by atoms with E-state index in [9.17, 15) is 14.0 Å². The number of ether oxygens (including phenoxy) is 2. The van der Waals surface area contributed by atoms with Crippen molar-refractivity contribution >= 4 is 5.91 Å². The first-order chi connectivity index (χ1) is 18.2. The van der Waals surface area contributed by atoms with Gasteiger partial charge in [-0.2, -0.15) is 5.10 Å². The predicted octanol–water partition coefficient (Wildman–Crippen LogP) is 3.56. The lowest BCUT2D eigenvalue weighted by atomic mass is 10.0. The van der Waals surface area contributed by atoms with Crippen molar-refractivity contribution in [3.8, 4) is 17.0 Å². The van der Waals surface area contributed by atoms with Gasteiger partial charge in [0.15, 0.2) is 5.69 Å². The zero-order valence-corrected chi connectivity index (χ0v) is 21.4. The van der Waals surface area contributed by atoms with Crippen LogP contribution >= 0.6 is 0 Å². The molecule has 0 atom stereocenters. The summed E-state index contributed by atoms with van der Waals surface area (Å²) in [6, 6.07) is 15.5. The van der Waals surface area contributed by atoms with E-state index in [1.54, 1.807) is 43.9 Å². The van der Waals surface area contributed by atoms with Crippen LogP contribution in [0.2, 0.25) is 0 Å². The molecule has 38 heavy (non-hydrogen) atoms. The van der Waals surface area contributed by atoms with Crippen molar-refractivity contribution in [2.24, 2.45) is 7.05 Å². The number of carbonyl (C=O) groups excluding carboxylic acids is 1. The average Bonchev–Trinajstić information content (AvgIpc) is 3.33. The Balaban J connectivity index is 1.49. The Labute approximate surface area is 218 Å². The van der Waals surface area contributed by atoms with Gasteiger partial charge < -0.3 is 14.8 Å². The molecule has 0 fully saturated rings. The fraction of sp³-hybridized carbons (Fsp3) is 0.286. The summed E-state index contributed by atoms with van der Waals surface area (Å²) in [7, 11) is 1.76. The number of nitrogens with one attached hydrogen (secondary N) is 1. The maximum Gasteiger partial charge on any atom is 0.296 e. The molecule has 196 valence electrons. The molecule has 0 bridgehead atoms. The highest BCUT2D eigenvalue weighted by Gasteiger charge is 2.35. The van der Waals surface area contributed by atoms with Crippen molar-refractivity contribution in [1.82, 2.24) is 24.6 Å². The Morgan fingerprint density at radius 3 is 2.71 bits per heavy atom. The molecule has 1 amide bonds. The zero-order valence-electron chi connectivity index (χ0n) is 21.4. The molecular formula is C28H28FN5O4. The van der Waals surface area contributed by atoms with Gasteiger partial charge in [-0.1, -0.05) is 36.4 Å². The summed E-state index contributed by atoms with van der Waals surface area (Å²) in [5.74, 6) is -0.767. The van der Waals surface area contributed by atoms with E-state index in [4.69, 9.17) is 9.47 Å². The maximum atomic E-state index is 14.1. The van der Waals surface area contributed by atoms with Gasteiger partial charge >= 0.3 is 0 Å². The standard InChI is InChI=1S/C28H28FN5O4/c1-28(2)27-32-23(24(26(36)34(27)13-14-38-28)37-17-18-7-5-4-6-8-18)25(35)30-16-19-9-10-20(29)15-21(19)22-11-12-31-33(22)3/h4-12,15H,13-14,16-17H2,1-3H3,(H,30,35). The van der Waals surface area contributed by atoms with Crippen LogP contribution in [0, 0.1) is 5.82 Å². The van der Waals surface area contributed by atoms with Crippen LogP contribution in [0.4, 0.5) is 4.39 Å². The molecule has 0 unspecified atom stereocenters. The van der Waals surface area contributed by atoms with E-state index < -0.39 is 22.9 Å². The first-order valence-corrected chi connectivity index (χ1v) is 12.3. The largest absolute Gasteiger partial charge is 0.481 e. The summed E-state index contributed by atoms with van der Waals surface area (Å²) in [6.07, 6.45) is 1.62. The van der Waals surface area contributed by atoms with Crippen LogP contribution in [0.1, 0.15) is 41.3 Å². The molecular weight excluding hydrogens is 489 g/mol. The lowest BCUT2D eigenvalue weighted by molar-refractivity contribution is -0.0567. The number of rotatable bonds is 7. The number of halogens is 1. The van der Waals surface area contributed by atoms with Crippen molar-refractivity contribution in [2.75, 3.05) is 6.61 Å². The molecule has 0 saturated carbocycles. The zero-order chi connectivity index (χ0) is 26.9. The highest BCUT2D eigenvalue weighted by atomic mass is 19.1. The first-order valence-electron chi connectivity index (χ1n) is 12.3. The summed E-state index contributed by atoms with van der Waals surface area (Å²) in [5.41, 5.74) is 1.38. The van der Waals surface area contributed by atoms with E-state index >= 15 is 0 Å². The van der Waals surface area contributed by atoms with Gasteiger partial charge in [0.1, 0.15) is 23.8 Å². The Bertz CT molecular complexity index is 1540. The molecule has 4 aromatic rings. The van der Waals surface area contributed by atoms with Gasteiger partial charge in [-0.15, -0.1) is 0 Å². The van der Waals surface area contributed by atoms with Crippen molar-refractivity contribution in [3.63, 3.8) is 0 Å². The van der Waals surface area contributed by atoms with Gasteiger partial charge in [0.25, 0.3) is 11.5 Å². The Hall–Kier alpha value is -4.31. The lowest BCUT2D eigenvalue weighted by Gasteiger charge is -2.32. The minimum absolute atomic E-state index is 0.0672. The highest BCUT2D eigenvalue weighted by molar-refractivity contribution is 5.95. The molecule has 2 aromatic heterocycles. The van der Waals surface area contributed by atoms with Gasteiger partial charge in [0, 0.05) is 25.4 Å². The van der Waals surface area contributed by atoms with Crippen LogP contribution in [0.5, 0.6) is 5.75 Å². The number of hydrogen-bond donors (Lipinski definition) is 1. The quantitative estimate of drug-likeness (QED) is 0.403. The van der Waals surface area contributed by atoms with Crippen molar-refractivity contribution < 1.29 is 18.7 Å². The normalized spacial score (nSPS) is 14.1. The van der Waals surface area contributed by atoms with E-state index in [-0.39, 0.29) is 24.6 Å². The molecule has 5 rings (SSSR count). The first kappa shape index (κ1) is 25.3. The number of amides is 1. The Morgan fingerprint density at radius 1 is 1.18 bits per heavy atom. The molecule has 9 nitrogen and oxygen atoms in total. The Morgan fingerprint density at radius 2 is 1.97 bits per heavy atom. The number of carbonyl (C=O) groups is 1. The topological polar surface area (TPSA) is 100 Å². The predicted molar refractivity (Wildman–Crippen MR) is 138 cm³/mol. The minimum atomic E-state index is -0.867. The van der Waals surface area contributed by atoms with E-state index in [0.717, 1.165) is 5.56 Å². The van der Waals surface area contributed by atoms with Crippen molar-refractivity contribution in [2.45, 2.75) is 39.1 Å². The van der Waals surface area contributed by atoms with Gasteiger partial charge in [0.05, 0.1) is 18.8 Å². The van der Waals surface area contributed by atoms with E-state index in [1.165, 1.54) is 16.7 Å². The molecule has 0 saturated heterocycles. The Kier molecular flexibility index (Phi) is 6.81. The second-order valence-electron chi connectivity index (χ2n) is 9.53. The molecule has 1 aliphatic rings. The van der Waals surface area contributed by atoms with Gasteiger partial charge in [-0.25, -0.2) is 9.37 Å². The third-order valence-corrected chi connectivity index (χ3v) is 6.49. The monoisotopic (exact) mass is 517 g/mol. The maximum absolute atomic E-state index is 14.1. The van der Waals surface area contributed by atoms with Crippen LogP contribution < -0.4 is 15.6 Å². The summed E-state index contributed by atoms with van der Waals surface area (Å²) >= 11 is 0. The number of hydrogen-bond acceptors (Lipinski definition) is 6. The molecule has 0 spiro atoms. The molecule has 2 aromatic carbocycles. The van der Waals surface area contributed by atoms with E-state index in [0.29, 0.717) is 35.8 Å². The highest BCUT2D eigenvalue weighted by Crippen LogP contribution is 2.28. The summed E-state index contributed by atoms with van der Waals surface area (Å²) in [5, 5.41) is 6.99. The number of nitrogens with zero attached hydrogens (tertiary/aromatic N) is 4. The number of fused-ring (bicyclic) bond motifs is 1. The number of aryl methyl sites for hydroxylation is 1. The van der Waals surface area contributed by atoms with Crippen molar-refractivity contribution in [3.05, 3.63) is 99.6 Å². The van der Waals surface area contributed by atoms with Crippen molar-refractivity contribution in [1.29, 1.82) is 0 Å². The van der Waals surface area contributed by atoms with Crippen LogP contribution in [0.15, 0.2) is 65.6 Å². The molecule has 0 aliphatic carbocycles. The third-order valence-electron chi connectivity index (χ3n) is 6.49. The van der Waals surface area contributed by atoms with Crippen LogP contribution in [0.25, 0.3) is 11.3 Å². The van der Waals surface area contributed by atoms with Gasteiger partial charge in [-0.05, 0) is 43.2 Å². The molecule has 3 heterocycles. The van der Waals surface area contributed by atoms with Crippen LogP contribution in [-0.2, 0) is 37.1 Å². The molecule has 1 aliphatic heterocycles. The fourth-order valence-electron chi connectivity index (χ4n) is 4.51. The number of benzene rings is 2. The molecule has 0 radical (unpaired) electrons. The SMILES string of the molecule is Cn1nccc1-c1cc(F)ccc1CNC(=O)c1nc2n(c(=O)c1OCc1ccccc1)CCOC2(C)C. The second kappa shape index (κ2) is 10.2. The molecule has 1 N–H and O–H groups in total. The lowest BCUT2D eigenvalue weighted by Crippen LogP contribution is -2.43. The second-order valence-corrected chi connectivity index (χ2v) is 9.53. The average molecular weight is 518 g/mol. The summed E-state index contributed by atoms with van der Waals surface area (Å²) in [6.45, 7) is 4.41. The van der Waals surface area contributed by atoms with Crippen LogP contribution in [-0.4, -0.2) is 31.8 Å².